The van der Waals surface area contributed by atoms with Crippen molar-refractivity contribution in [1.29, 1.82) is 0 Å². The lowest BCUT2D eigenvalue weighted by atomic mass is 9.89. The van der Waals surface area contributed by atoms with Crippen LogP contribution in [0, 0.1) is 16.0 Å². The van der Waals surface area contributed by atoms with Crippen LogP contribution in [0.1, 0.15) is 37.7 Å². The van der Waals surface area contributed by atoms with Crippen LogP contribution in [0.4, 0.5) is 0 Å². The normalized spacial score (nSPS) is 20.8. The molecular weight excluding hydrogens is 340 g/mol. The number of allylic oxidation sites excluding steroid dienone is 2. The molecule has 0 unspecified atom stereocenters. The quantitative estimate of drug-likeness (QED) is 0.491. The van der Waals surface area contributed by atoms with Crippen LogP contribution in [-0.2, 0) is 6.54 Å². The van der Waals surface area contributed by atoms with E-state index in [4.69, 9.17) is 11.6 Å². The third-order valence-corrected chi connectivity index (χ3v) is 4.99. The molecule has 6 nitrogen and oxygen atoms in total. The minimum Gasteiger partial charge on any atom is -0.364 e. The van der Waals surface area contributed by atoms with E-state index in [1.807, 2.05) is 17.0 Å². The van der Waals surface area contributed by atoms with Gasteiger partial charge in [0.1, 0.15) is 5.15 Å². The molecule has 7 heteroatoms. The van der Waals surface area contributed by atoms with Gasteiger partial charge in [-0.1, -0.05) is 43.0 Å². The Labute approximate surface area is 152 Å². The number of nitro groups is 1. The second-order valence-electron chi connectivity index (χ2n) is 6.59. The molecular formula is C18H23ClN4O2. The van der Waals surface area contributed by atoms with E-state index < -0.39 is 0 Å². The van der Waals surface area contributed by atoms with Crippen LogP contribution in [0.5, 0.6) is 0 Å². The van der Waals surface area contributed by atoms with Crippen molar-refractivity contribution in [3.05, 3.63) is 62.8 Å². The molecule has 0 radical (unpaired) electrons. The van der Waals surface area contributed by atoms with Crippen molar-refractivity contribution >= 4 is 11.6 Å². The molecule has 1 saturated carbocycles. The summed E-state index contributed by atoms with van der Waals surface area (Å²) in [5.41, 5.74) is 1.12. The summed E-state index contributed by atoms with van der Waals surface area (Å²) in [6.45, 7) is 2.00. The number of rotatable bonds is 5. The molecule has 1 N–H and O–H groups in total. The molecule has 0 bridgehead atoms. The molecule has 1 saturated heterocycles. The molecule has 1 aliphatic carbocycles. The first-order valence-electron chi connectivity index (χ1n) is 8.79. The smallest absolute Gasteiger partial charge is 0.308 e. The van der Waals surface area contributed by atoms with Crippen molar-refractivity contribution in [1.82, 2.24) is 15.2 Å². The first kappa shape index (κ1) is 17.7. The molecule has 0 atom stereocenters. The van der Waals surface area contributed by atoms with E-state index >= 15 is 0 Å². The summed E-state index contributed by atoms with van der Waals surface area (Å²) >= 11 is 5.82. The molecule has 0 amide bonds. The minimum absolute atomic E-state index is 0.144. The van der Waals surface area contributed by atoms with E-state index in [1.165, 1.54) is 19.3 Å². The Morgan fingerprint density at radius 2 is 2.20 bits per heavy atom. The highest BCUT2D eigenvalue weighted by atomic mass is 35.5. The van der Waals surface area contributed by atoms with Crippen LogP contribution in [0.25, 0.3) is 0 Å². The van der Waals surface area contributed by atoms with E-state index in [-0.39, 0.29) is 10.6 Å². The van der Waals surface area contributed by atoms with Crippen LogP contribution in [-0.4, -0.2) is 27.9 Å². The average molecular weight is 363 g/mol. The first-order valence-corrected chi connectivity index (χ1v) is 9.17. The zero-order valence-corrected chi connectivity index (χ0v) is 14.9. The van der Waals surface area contributed by atoms with E-state index in [0.717, 1.165) is 24.9 Å². The minimum atomic E-state index is -0.292. The zero-order chi connectivity index (χ0) is 17.6. The van der Waals surface area contributed by atoms with Gasteiger partial charge >= 0.3 is 5.70 Å². The van der Waals surface area contributed by atoms with Gasteiger partial charge < -0.3 is 10.2 Å². The van der Waals surface area contributed by atoms with Gasteiger partial charge in [-0.05, 0) is 30.4 Å². The summed E-state index contributed by atoms with van der Waals surface area (Å²) in [6.07, 6.45) is 11.4. The standard InChI is InChI=1S/C18H23ClN4O2/c19-17-9-7-15(12-21-17)13-22-11-10-20-18(22)16(23(24)25)8-6-14-4-2-1-3-5-14/h6-9,12,14,20H,1-5,10-11,13H2/b8-6+,18-16+. The fraction of sp³-hybridized carbons (Fsp3) is 0.500. The second-order valence-corrected chi connectivity index (χ2v) is 6.97. The van der Waals surface area contributed by atoms with E-state index in [0.29, 0.717) is 30.0 Å². The van der Waals surface area contributed by atoms with E-state index in [9.17, 15) is 10.1 Å². The number of hydrogen-bond acceptors (Lipinski definition) is 5. The van der Waals surface area contributed by atoms with Crippen molar-refractivity contribution in [3.8, 4) is 0 Å². The molecule has 1 aromatic heterocycles. The summed E-state index contributed by atoms with van der Waals surface area (Å²) in [5.74, 6) is 1.05. The van der Waals surface area contributed by atoms with Gasteiger partial charge in [-0.2, -0.15) is 0 Å². The fourth-order valence-corrected chi connectivity index (χ4v) is 3.56. The number of pyridine rings is 1. The molecule has 1 aromatic rings. The van der Waals surface area contributed by atoms with Crippen molar-refractivity contribution in [2.75, 3.05) is 13.1 Å². The van der Waals surface area contributed by atoms with Gasteiger partial charge in [-0.3, -0.25) is 10.1 Å². The van der Waals surface area contributed by atoms with Crippen LogP contribution >= 0.6 is 11.6 Å². The van der Waals surface area contributed by atoms with Crippen molar-refractivity contribution in [2.45, 2.75) is 38.6 Å². The van der Waals surface area contributed by atoms with Crippen LogP contribution in [0.15, 0.2) is 42.0 Å². The summed E-state index contributed by atoms with van der Waals surface area (Å²) < 4.78 is 0. The van der Waals surface area contributed by atoms with Crippen molar-refractivity contribution < 1.29 is 4.92 Å². The Hall–Kier alpha value is -2.08. The highest BCUT2D eigenvalue weighted by Gasteiger charge is 2.26. The third kappa shape index (κ3) is 4.72. The van der Waals surface area contributed by atoms with Crippen LogP contribution in [0.2, 0.25) is 5.15 Å². The lowest BCUT2D eigenvalue weighted by Crippen LogP contribution is -2.23. The molecule has 2 fully saturated rings. The highest BCUT2D eigenvalue weighted by molar-refractivity contribution is 6.29. The predicted molar refractivity (Wildman–Crippen MR) is 97.4 cm³/mol. The maximum Gasteiger partial charge on any atom is 0.308 e. The average Bonchev–Trinajstić information content (AvgIpc) is 3.06. The molecule has 2 heterocycles. The monoisotopic (exact) mass is 362 g/mol. The van der Waals surface area contributed by atoms with E-state index in [2.05, 4.69) is 10.3 Å². The first-order chi connectivity index (χ1) is 12.1. The number of nitrogens with one attached hydrogen (secondary N) is 1. The largest absolute Gasteiger partial charge is 0.364 e. The fourth-order valence-electron chi connectivity index (χ4n) is 3.44. The van der Waals surface area contributed by atoms with Gasteiger partial charge in [0.15, 0.2) is 5.82 Å². The summed E-state index contributed by atoms with van der Waals surface area (Å²) in [7, 11) is 0. The number of hydrogen-bond donors (Lipinski definition) is 1. The number of halogens is 1. The Bertz CT molecular complexity index is 666. The van der Waals surface area contributed by atoms with E-state index in [1.54, 1.807) is 18.3 Å². The Balaban J connectivity index is 1.77. The molecule has 1 aliphatic heterocycles. The molecule has 0 spiro atoms. The van der Waals surface area contributed by atoms with Crippen LogP contribution in [0.3, 0.4) is 0 Å². The van der Waals surface area contributed by atoms with Gasteiger partial charge in [0, 0.05) is 31.9 Å². The maximum absolute atomic E-state index is 11.6. The van der Waals surface area contributed by atoms with Gasteiger partial charge in [0.2, 0.25) is 0 Å². The third-order valence-electron chi connectivity index (χ3n) is 4.77. The predicted octanol–water partition coefficient (Wildman–Crippen LogP) is 3.72. The second kappa shape index (κ2) is 8.34. The lowest BCUT2D eigenvalue weighted by Gasteiger charge is -2.19. The maximum atomic E-state index is 11.6. The molecule has 2 aliphatic rings. The van der Waals surface area contributed by atoms with Gasteiger partial charge in [-0.25, -0.2) is 4.98 Å². The number of nitrogens with zero attached hydrogens (tertiary/aromatic N) is 3. The van der Waals surface area contributed by atoms with Crippen molar-refractivity contribution in [3.63, 3.8) is 0 Å². The Morgan fingerprint density at radius 1 is 1.40 bits per heavy atom. The Kier molecular flexibility index (Phi) is 5.91. The Morgan fingerprint density at radius 3 is 2.88 bits per heavy atom. The van der Waals surface area contributed by atoms with Gasteiger partial charge in [0.05, 0.1) is 4.92 Å². The SMILES string of the molecule is O=[N+]([O-])C(/C=C/C1CCCCC1)=C1\NCCN1Cc1ccc(Cl)nc1. The lowest BCUT2D eigenvalue weighted by molar-refractivity contribution is -0.421. The molecule has 0 aromatic carbocycles. The summed E-state index contributed by atoms with van der Waals surface area (Å²) in [5, 5.41) is 15.2. The zero-order valence-electron chi connectivity index (χ0n) is 14.2. The summed E-state index contributed by atoms with van der Waals surface area (Å²) in [6, 6.07) is 3.64. The molecule has 25 heavy (non-hydrogen) atoms. The number of aromatic nitrogens is 1. The molecule has 3 rings (SSSR count). The summed E-state index contributed by atoms with van der Waals surface area (Å²) in [4.78, 5) is 17.4. The van der Waals surface area contributed by atoms with Gasteiger partial charge in [0.25, 0.3) is 0 Å². The molecule has 134 valence electrons. The van der Waals surface area contributed by atoms with Crippen LogP contribution < -0.4 is 5.32 Å². The highest BCUT2D eigenvalue weighted by Crippen LogP contribution is 2.26. The van der Waals surface area contributed by atoms with Crippen molar-refractivity contribution in [2.24, 2.45) is 5.92 Å². The van der Waals surface area contributed by atoms with Gasteiger partial charge in [-0.15, -0.1) is 0 Å². The topological polar surface area (TPSA) is 71.3 Å².